The molecule has 0 aromatic carbocycles. The molecule has 2 rings (SSSR count). The molecule has 2 aromatic heterocycles. The van der Waals surface area contributed by atoms with Crippen molar-refractivity contribution in [3.05, 3.63) is 24.4 Å². The van der Waals surface area contributed by atoms with Crippen molar-refractivity contribution in [2.45, 2.75) is 23.5 Å². The molecule has 5 nitrogen and oxygen atoms in total. The predicted molar refractivity (Wildman–Crippen MR) is 51.9 cm³/mol. The second-order valence-corrected chi connectivity index (χ2v) is 3.56. The molecule has 0 fully saturated rings. The van der Waals surface area contributed by atoms with E-state index >= 15 is 0 Å². The van der Waals surface area contributed by atoms with Crippen LogP contribution in [0.3, 0.4) is 0 Å². The number of hydrogen-bond donors (Lipinski definition) is 1. The highest BCUT2D eigenvalue weighted by Gasteiger charge is 2.03. The van der Waals surface area contributed by atoms with E-state index in [1.54, 1.807) is 6.20 Å². The van der Waals surface area contributed by atoms with Gasteiger partial charge >= 0.3 is 0 Å². The average molecular weight is 207 g/mol. The van der Waals surface area contributed by atoms with Crippen LogP contribution in [0.25, 0.3) is 0 Å². The maximum Gasteiger partial charge on any atom is 0.214 e. The van der Waals surface area contributed by atoms with Gasteiger partial charge in [0.1, 0.15) is 17.2 Å². The Hall–Kier alpha value is -1.43. The Kier molecular flexibility index (Phi) is 2.73. The number of rotatable bonds is 3. The van der Waals surface area contributed by atoms with Crippen molar-refractivity contribution in [3.8, 4) is 0 Å². The van der Waals surface area contributed by atoms with Gasteiger partial charge in [0, 0.05) is 12.6 Å². The molecule has 0 amide bonds. The van der Waals surface area contributed by atoms with Gasteiger partial charge in [0.25, 0.3) is 0 Å². The standard InChI is InChI=1S/C8H9N5S/c1-2-6-11-8(13-12-6)14-7-3-4-9-5-10-7/h3-5H,2H2,1H3,(H,11,12,13). The largest absolute Gasteiger partial charge is 0.262 e. The number of hydrogen-bond acceptors (Lipinski definition) is 5. The van der Waals surface area contributed by atoms with Crippen molar-refractivity contribution in [2.24, 2.45) is 0 Å². The van der Waals surface area contributed by atoms with E-state index in [1.807, 2.05) is 13.0 Å². The van der Waals surface area contributed by atoms with E-state index in [2.05, 4.69) is 25.1 Å². The maximum atomic E-state index is 4.26. The highest BCUT2D eigenvalue weighted by atomic mass is 32.2. The van der Waals surface area contributed by atoms with E-state index in [0.29, 0.717) is 5.16 Å². The summed E-state index contributed by atoms with van der Waals surface area (Å²) in [6, 6.07) is 1.83. The molecule has 0 radical (unpaired) electrons. The number of nitrogens with one attached hydrogen (secondary N) is 1. The number of aromatic nitrogens is 5. The molecule has 14 heavy (non-hydrogen) atoms. The quantitative estimate of drug-likeness (QED) is 0.768. The molecule has 0 aliphatic heterocycles. The van der Waals surface area contributed by atoms with E-state index in [-0.39, 0.29) is 0 Å². The summed E-state index contributed by atoms with van der Waals surface area (Å²) in [5.74, 6) is 0.890. The monoisotopic (exact) mass is 207 g/mol. The molecular formula is C8H9N5S. The van der Waals surface area contributed by atoms with Crippen LogP contribution in [0.4, 0.5) is 0 Å². The highest BCUT2D eigenvalue weighted by Crippen LogP contribution is 2.20. The van der Waals surface area contributed by atoms with Crippen LogP contribution in [0.5, 0.6) is 0 Å². The Morgan fingerprint density at radius 2 is 2.43 bits per heavy atom. The summed E-state index contributed by atoms with van der Waals surface area (Å²) in [5, 5.41) is 8.44. The predicted octanol–water partition coefficient (Wildman–Crippen LogP) is 1.31. The summed E-state index contributed by atoms with van der Waals surface area (Å²) in [6.07, 6.45) is 4.07. The first kappa shape index (κ1) is 9.14. The van der Waals surface area contributed by atoms with Crippen molar-refractivity contribution in [1.29, 1.82) is 0 Å². The van der Waals surface area contributed by atoms with Crippen LogP contribution in [-0.2, 0) is 6.42 Å². The number of aromatic amines is 1. The third-order valence-electron chi connectivity index (χ3n) is 1.60. The van der Waals surface area contributed by atoms with Crippen molar-refractivity contribution in [2.75, 3.05) is 0 Å². The lowest BCUT2D eigenvalue weighted by atomic mass is 10.5. The number of H-pyrrole nitrogens is 1. The summed E-state index contributed by atoms with van der Waals surface area (Å²) in [6.45, 7) is 2.03. The SMILES string of the molecule is CCc1nc(Sc2ccncn2)n[nH]1. The lowest BCUT2D eigenvalue weighted by Crippen LogP contribution is -1.82. The van der Waals surface area contributed by atoms with Gasteiger partial charge in [-0.25, -0.2) is 15.0 Å². The lowest BCUT2D eigenvalue weighted by molar-refractivity contribution is 0.940. The van der Waals surface area contributed by atoms with Crippen LogP contribution in [0.2, 0.25) is 0 Å². The lowest BCUT2D eigenvalue weighted by Gasteiger charge is -1.92. The summed E-state index contributed by atoms with van der Waals surface area (Å²) in [7, 11) is 0. The Balaban J connectivity index is 2.11. The third kappa shape index (κ3) is 2.08. The Morgan fingerprint density at radius 1 is 1.50 bits per heavy atom. The van der Waals surface area contributed by atoms with Crippen LogP contribution >= 0.6 is 11.8 Å². The number of aryl methyl sites for hydroxylation is 1. The second kappa shape index (κ2) is 4.19. The fourth-order valence-corrected chi connectivity index (χ4v) is 1.58. The average Bonchev–Trinajstić information content (AvgIpc) is 2.67. The molecule has 2 aromatic rings. The van der Waals surface area contributed by atoms with E-state index < -0.39 is 0 Å². The van der Waals surface area contributed by atoms with Crippen LogP contribution in [0.15, 0.2) is 28.8 Å². The zero-order valence-corrected chi connectivity index (χ0v) is 8.45. The van der Waals surface area contributed by atoms with Gasteiger partial charge in [-0.05, 0) is 17.8 Å². The molecule has 1 N–H and O–H groups in total. The van der Waals surface area contributed by atoms with E-state index in [4.69, 9.17) is 0 Å². The zero-order chi connectivity index (χ0) is 9.80. The molecule has 0 atom stereocenters. The van der Waals surface area contributed by atoms with Gasteiger partial charge in [-0.15, -0.1) is 5.10 Å². The minimum atomic E-state index is 0.695. The first-order chi connectivity index (χ1) is 6.88. The van der Waals surface area contributed by atoms with Crippen LogP contribution in [0, 0.1) is 0 Å². The normalized spacial score (nSPS) is 10.4. The second-order valence-electron chi connectivity index (χ2n) is 2.57. The van der Waals surface area contributed by atoms with Gasteiger partial charge in [-0.1, -0.05) is 6.92 Å². The summed E-state index contributed by atoms with van der Waals surface area (Å²) < 4.78 is 0. The van der Waals surface area contributed by atoms with Crippen molar-refractivity contribution in [3.63, 3.8) is 0 Å². The van der Waals surface area contributed by atoms with Gasteiger partial charge in [0.05, 0.1) is 0 Å². The molecule has 0 unspecified atom stereocenters. The van der Waals surface area contributed by atoms with E-state index in [1.165, 1.54) is 18.1 Å². The molecule has 0 saturated heterocycles. The molecule has 0 saturated carbocycles. The molecule has 0 aliphatic carbocycles. The molecular weight excluding hydrogens is 198 g/mol. The molecule has 0 bridgehead atoms. The molecule has 0 aliphatic rings. The third-order valence-corrected chi connectivity index (χ3v) is 2.41. The van der Waals surface area contributed by atoms with Crippen molar-refractivity contribution in [1.82, 2.24) is 25.1 Å². The van der Waals surface area contributed by atoms with Gasteiger partial charge in [0.15, 0.2) is 0 Å². The summed E-state index contributed by atoms with van der Waals surface area (Å²) in [4.78, 5) is 12.2. The van der Waals surface area contributed by atoms with Crippen LogP contribution < -0.4 is 0 Å². The molecule has 2 heterocycles. The fraction of sp³-hybridized carbons (Fsp3) is 0.250. The first-order valence-corrected chi connectivity index (χ1v) is 5.05. The van der Waals surface area contributed by atoms with E-state index in [0.717, 1.165) is 17.3 Å². The van der Waals surface area contributed by atoms with Gasteiger partial charge in [-0.2, -0.15) is 0 Å². The highest BCUT2D eigenvalue weighted by molar-refractivity contribution is 7.99. The molecule has 6 heteroatoms. The van der Waals surface area contributed by atoms with Crippen molar-refractivity contribution < 1.29 is 0 Å². The first-order valence-electron chi connectivity index (χ1n) is 4.23. The van der Waals surface area contributed by atoms with Gasteiger partial charge in [0.2, 0.25) is 5.16 Å². The fourth-order valence-electron chi connectivity index (χ4n) is 0.914. The molecule has 0 spiro atoms. The zero-order valence-electron chi connectivity index (χ0n) is 7.64. The maximum absolute atomic E-state index is 4.26. The smallest absolute Gasteiger partial charge is 0.214 e. The van der Waals surface area contributed by atoms with Crippen LogP contribution in [-0.4, -0.2) is 25.1 Å². The summed E-state index contributed by atoms with van der Waals surface area (Å²) >= 11 is 1.42. The van der Waals surface area contributed by atoms with Crippen molar-refractivity contribution >= 4 is 11.8 Å². The minimum absolute atomic E-state index is 0.695. The summed E-state index contributed by atoms with van der Waals surface area (Å²) in [5.41, 5.74) is 0. The van der Waals surface area contributed by atoms with Crippen LogP contribution in [0.1, 0.15) is 12.7 Å². The molecule has 72 valence electrons. The Morgan fingerprint density at radius 3 is 3.07 bits per heavy atom. The Labute approximate surface area is 85.4 Å². The van der Waals surface area contributed by atoms with E-state index in [9.17, 15) is 0 Å². The number of nitrogens with zero attached hydrogens (tertiary/aromatic N) is 4. The van der Waals surface area contributed by atoms with Gasteiger partial charge < -0.3 is 0 Å². The topological polar surface area (TPSA) is 67.3 Å². The minimum Gasteiger partial charge on any atom is -0.262 e. The Bertz CT molecular complexity index is 399. The van der Waals surface area contributed by atoms with Gasteiger partial charge in [-0.3, -0.25) is 5.10 Å².